The fourth-order valence-electron chi connectivity index (χ4n) is 2.93. The molecule has 0 radical (unpaired) electrons. The van der Waals surface area contributed by atoms with Gasteiger partial charge < -0.3 is 5.32 Å². The molecule has 10 heteroatoms. The molecule has 0 aliphatic heterocycles. The number of nitro groups is 1. The average Bonchev–Trinajstić information content (AvgIpc) is 3.09. The molecule has 142 valence electrons. The normalized spacial score (nSPS) is 11.0. The number of hydrogen-bond acceptors (Lipinski definition) is 6. The minimum atomic E-state index is -0.480. The van der Waals surface area contributed by atoms with Gasteiger partial charge in [-0.05, 0) is 12.0 Å². The lowest BCUT2D eigenvalue weighted by molar-refractivity contribution is -0.384. The number of non-ortho nitro benzene ring substituents is 1. The Morgan fingerprint density at radius 3 is 2.52 bits per heavy atom. The van der Waals surface area contributed by atoms with E-state index in [1.165, 1.54) is 21.3 Å². The zero-order chi connectivity index (χ0) is 19.6. The van der Waals surface area contributed by atoms with Crippen LogP contribution < -0.4 is 16.6 Å². The molecule has 0 unspecified atom stereocenters. The molecule has 0 spiro atoms. The third-order valence-corrected chi connectivity index (χ3v) is 4.40. The summed E-state index contributed by atoms with van der Waals surface area (Å²) in [6, 6.07) is 5.94. The van der Waals surface area contributed by atoms with Gasteiger partial charge in [-0.1, -0.05) is 25.5 Å². The number of fused-ring (bicyclic) bond motifs is 1. The molecule has 3 aromatic rings. The van der Waals surface area contributed by atoms with Crippen molar-refractivity contribution in [3.05, 3.63) is 60.8 Å². The number of anilines is 1. The molecule has 2 N–H and O–H groups in total. The second kappa shape index (κ2) is 7.44. The van der Waals surface area contributed by atoms with Crippen molar-refractivity contribution in [1.82, 2.24) is 19.3 Å². The largest absolute Gasteiger partial charge is 0.373 e. The summed E-state index contributed by atoms with van der Waals surface area (Å²) in [7, 11) is 1.66. The van der Waals surface area contributed by atoms with E-state index in [0.29, 0.717) is 29.7 Å². The lowest BCUT2D eigenvalue weighted by Gasteiger charge is -2.11. The number of aromatic amines is 1. The van der Waals surface area contributed by atoms with E-state index < -0.39 is 10.6 Å². The predicted molar refractivity (Wildman–Crippen MR) is 101 cm³/mol. The van der Waals surface area contributed by atoms with E-state index in [2.05, 4.69) is 15.5 Å². The first-order valence-corrected chi connectivity index (χ1v) is 8.60. The van der Waals surface area contributed by atoms with Gasteiger partial charge in [0.05, 0.1) is 11.5 Å². The molecule has 0 aliphatic rings. The topological polar surface area (TPSA) is 128 Å². The van der Waals surface area contributed by atoms with Crippen molar-refractivity contribution in [2.45, 2.75) is 32.9 Å². The van der Waals surface area contributed by atoms with Crippen LogP contribution in [-0.2, 0) is 13.1 Å². The van der Waals surface area contributed by atoms with Crippen LogP contribution in [0.3, 0.4) is 0 Å². The van der Waals surface area contributed by atoms with Crippen LogP contribution in [0.5, 0.6) is 0 Å². The van der Waals surface area contributed by atoms with Crippen molar-refractivity contribution in [2.24, 2.45) is 0 Å². The molecule has 0 saturated heterocycles. The highest BCUT2D eigenvalue weighted by Crippen LogP contribution is 2.17. The Hall–Kier alpha value is -3.43. The summed E-state index contributed by atoms with van der Waals surface area (Å²) < 4.78 is 2.62. The van der Waals surface area contributed by atoms with Crippen LogP contribution in [0.4, 0.5) is 11.5 Å². The zero-order valence-corrected chi connectivity index (χ0v) is 15.1. The number of H-pyrrole nitrogens is 1. The molecule has 2 heterocycles. The number of benzene rings is 1. The highest BCUT2D eigenvalue weighted by molar-refractivity contribution is 5.86. The molecular formula is C17H20N6O4. The van der Waals surface area contributed by atoms with Crippen molar-refractivity contribution in [3.63, 3.8) is 0 Å². The molecule has 0 amide bonds. The Kier molecular flexibility index (Phi) is 5.06. The van der Waals surface area contributed by atoms with Gasteiger partial charge in [0.2, 0.25) is 0 Å². The smallest absolute Gasteiger partial charge is 0.333 e. The second-order valence-corrected chi connectivity index (χ2v) is 6.15. The Morgan fingerprint density at radius 2 is 1.93 bits per heavy atom. The van der Waals surface area contributed by atoms with E-state index in [1.54, 1.807) is 19.2 Å². The maximum Gasteiger partial charge on any atom is 0.333 e. The molecule has 10 nitrogen and oxygen atoms in total. The number of aromatic nitrogens is 4. The van der Waals surface area contributed by atoms with Gasteiger partial charge in [-0.2, -0.15) is 5.10 Å². The quantitative estimate of drug-likeness (QED) is 0.480. The summed E-state index contributed by atoms with van der Waals surface area (Å²) in [5.74, 6) is 0.442. The van der Waals surface area contributed by atoms with Crippen LogP contribution in [0, 0.1) is 10.1 Å². The summed E-state index contributed by atoms with van der Waals surface area (Å²) in [4.78, 5) is 36.1. The standard InChI is InChI=1S/C17H20N6O4/c1-3-4-9-21-16(24)13-14(18-2)19-20-15(13)22(17(21)25)10-11-5-7-12(8-6-11)23(26)27/h5-8H,3-4,9-10H2,1-2H3,(H2,18,19,20). The van der Waals surface area contributed by atoms with Gasteiger partial charge in [0.15, 0.2) is 5.65 Å². The maximum absolute atomic E-state index is 12.9. The van der Waals surface area contributed by atoms with Gasteiger partial charge in [0.1, 0.15) is 11.2 Å². The third-order valence-electron chi connectivity index (χ3n) is 4.40. The van der Waals surface area contributed by atoms with Gasteiger partial charge in [-0.3, -0.25) is 29.1 Å². The summed E-state index contributed by atoms with van der Waals surface area (Å²) in [5, 5.41) is 20.9. The molecule has 0 atom stereocenters. The van der Waals surface area contributed by atoms with E-state index in [4.69, 9.17) is 0 Å². The Bertz CT molecular complexity index is 1090. The second-order valence-electron chi connectivity index (χ2n) is 6.15. The Labute approximate surface area is 153 Å². The van der Waals surface area contributed by atoms with E-state index in [1.807, 2.05) is 6.92 Å². The maximum atomic E-state index is 12.9. The van der Waals surface area contributed by atoms with Crippen LogP contribution in [0.1, 0.15) is 25.3 Å². The minimum absolute atomic E-state index is 0.0265. The van der Waals surface area contributed by atoms with Crippen molar-refractivity contribution in [3.8, 4) is 0 Å². The van der Waals surface area contributed by atoms with Crippen LogP contribution in [0.15, 0.2) is 33.9 Å². The van der Waals surface area contributed by atoms with Gasteiger partial charge >= 0.3 is 5.69 Å². The van der Waals surface area contributed by atoms with E-state index >= 15 is 0 Å². The fourth-order valence-corrected chi connectivity index (χ4v) is 2.93. The number of hydrogen-bond donors (Lipinski definition) is 2. The number of unbranched alkanes of at least 4 members (excludes halogenated alkanes) is 1. The first kappa shape index (κ1) is 18.4. The van der Waals surface area contributed by atoms with Crippen molar-refractivity contribution < 1.29 is 4.92 Å². The van der Waals surface area contributed by atoms with Crippen LogP contribution in [0.25, 0.3) is 11.0 Å². The SMILES string of the molecule is CCCCn1c(=O)c2c(NC)[nH]nc2n(Cc2ccc([N+](=O)[O-])cc2)c1=O. The minimum Gasteiger partial charge on any atom is -0.373 e. The van der Waals surface area contributed by atoms with Gasteiger partial charge in [0.25, 0.3) is 11.2 Å². The van der Waals surface area contributed by atoms with Gasteiger partial charge in [-0.15, -0.1) is 0 Å². The van der Waals surface area contributed by atoms with Crippen molar-refractivity contribution in [2.75, 3.05) is 12.4 Å². The van der Waals surface area contributed by atoms with Crippen LogP contribution >= 0.6 is 0 Å². The molecule has 3 rings (SSSR count). The highest BCUT2D eigenvalue weighted by atomic mass is 16.6. The summed E-state index contributed by atoms with van der Waals surface area (Å²) in [5.41, 5.74) is 0.0792. The molecular weight excluding hydrogens is 352 g/mol. The molecule has 0 fully saturated rings. The van der Waals surface area contributed by atoms with Gasteiger partial charge in [0, 0.05) is 25.7 Å². The van der Waals surface area contributed by atoms with E-state index in [-0.39, 0.29) is 23.4 Å². The highest BCUT2D eigenvalue weighted by Gasteiger charge is 2.19. The lowest BCUT2D eigenvalue weighted by Crippen LogP contribution is -2.40. The lowest BCUT2D eigenvalue weighted by atomic mass is 10.2. The fraction of sp³-hybridized carbons (Fsp3) is 0.353. The molecule has 1 aromatic carbocycles. The summed E-state index contributed by atoms with van der Waals surface area (Å²) in [6.45, 7) is 2.45. The first-order chi connectivity index (χ1) is 13.0. The third kappa shape index (κ3) is 3.33. The van der Waals surface area contributed by atoms with Crippen LogP contribution in [0.2, 0.25) is 0 Å². The Morgan fingerprint density at radius 1 is 1.22 bits per heavy atom. The molecule has 0 saturated carbocycles. The number of nitrogens with one attached hydrogen (secondary N) is 2. The predicted octanol–water partition coefficient (Wildman–Crippen LogP) is 1.68. The summed E-state index contributed by atoms with van der Waals surface area (Å²) >= 11 is 0. The molecule has 0 aliphatic carbocycles. The van der Waals surface area contributed by atoms with Gasteiger partial charge in [-0.25, -0.2) is 4.79 Å². The Balaban J connectivity index is 2.16. The van der Waals surface area contributed by atoms with Crippen molar-refractivity contribution in [1.29, 1.82) is 0 Å². The first-order valence-electron chi connectivity index (χ1n) is 8.60. The molecule has 27 heavy (non-hydrogen) atoms. The van der Waals surface area contributed by atoms with Crippen LogP contribution in [-0.4, -0.2) is 31.3 Å². The van der Waals surface area contributed by atoms with E-state index in [9.17, 15) is 19.7 Å². The number of rotatable bonds is 7. The summed E-state index contributed by atoms with van der Waals surface area (Å²) in [6.07, 6.45) is 1.54. The average molecular weight is 372 g/mol. The molecule has 2 aromatic heterocycles. The van der Waals surface area contributed by atoms with Crippen molar-refractivity contribution >= 4 is 22.5 Å². The number of nitrogens with zero attached hydrogens (tertiary/aromatic N) is 4. The number of nitro benzene ring substituents is 1. The monoisotopic (exact) mass is 372 g/mol. The zero-order valence-electron chi connectivity index (χ0n) is 15.1. The van der Waals surface area contributed by atoms with E-state index in [0.717, 1.165) is 6.42 Å². The molecule has 0 bridgehead atoms.